The Morgan fingerprint density at radius 1 is 1.29 bits per heavy atom. The minimum absolute atomic E-state index is 0.0150. The van der Waals surface area contributed by atoms with E-state index in [0.717, 1.165) is 25.9 Å². The van der Waals surface area contributed by atoms with Gasteiger partial charge in [-0.2, -0.15) is 0 Å². The molecule has 0 aromatic rings. The van der Waals surface area contributed by atoms with Gasteiger partial charge in [-0.25, -0.2) is 0 Å². The van der Waals surface area contributed by atoms with Crippen LogP contribution >= 0.6 is 0 Å². The predicted molar refractivity (Wildman–Crippen MR) is 89.8 cm³/mol. The van der Waals surface area contributed by atoms with Crippen LogP contribution < -0.4 is 0 Å². The van der Waals surface area contributed by atoms with Crippen molar-refractivity contribution >= 4 is 14.3 Å². The van der Waals surface area contributed by atoms with Gasteiger partial charge in [-0.3, -0.25) is 4.79 Å². The largest absolute Gasteiger partial charge is 0.465 e. The Bertz CT molecular complexity index is 333. The van der Waals surface area contributed by atoms with Crippen molar-refractivity contribution in [1.29, 1.82) is 0 Å². The Hall–Kier alpha value is -0.353. The lowest BCUT2D eigenvalue weighted by Crippen LogP contribution is -2.40. The summed E-state index contributed by atoms with van der Waals surface area (Å²) >= 11 is 0. The van der Waals surface area contributed by atoms with Crippen molar-refractivity contribution in [2.45, 2.75) is 77.9 Å². The summed E-state index contributed by atoms with van der Waals surface area (Å²) in [6.07, 6.45) is 5.54. The fraction of sp³-hybridized carbons (Fsp3) is 0.941. The third kappa shape index (κ3) is 6.11. The number of carbonyl (C=O) groups excluding carboxylic acids is 1. The lowest BCUT2D eigenvalue weighted by Gasteiger charge is -2.36. The highest BCUT2D eigenvalue weighted by Crippen LogP contribution is 2.36. The first-order valence-electron chi connectivity index (χ1n) is 8.44. The van der Waals surface area contributed by atoms with Crippen molar-refractivity contribution in [3.63, 3.8) is 0 Å². The molecule has 1 aliphatic rings. The molecule has 0 unspecified atom stereocenters. The molecule has 21 heavy (non-hydrogen) atoms. The average Bonchev–Trinajstić information content (AvgIpc) is 2.50. The van der Waals surface area contributed by atoms with Crippen LogP contribution in [0.1, 0.15) is 59.8 Å². The number of carbonyl (C=O) groups is 1. The molecule has 2 atom stereocenters. The van der Waals surface area contributed by atoms with Gasteiger partial charge in [0.1, 0.15) is 0 Å². The smallest absolute Gasteiger partial charge is 0.308 e. The Labute approximate surface area is 131 Å². The van der Waals surface area contributed by atoms with E-state index in [-0.39, 0.29) is 11.9 Å². The van der Waals surface area contributed by atoms with Gasteiger partial charge in [0.15, 0.2) is 8.32 Å². The van der Waals surface area contributed by atoms with E-state index in [1.807, 2.05) is 6.92 Å². The molecule has 0 aliphatic carbocycles. The molecule has 3 nitrogen and oxygen atoms in total. The molecule has 0 spiro atoms. The van der Waals surface area contributed by atoms with Gasteiger partial charge in [0.05, 0.1) is 12.5 Å². The number of esters is 1. The maximum atomic E-state index is 11.5. The summed E-state index contributed by atoms with van der Waals surface area (Å²) in [7, 11) is -1.59. The van der Waals surface area contributed by atoms with E-state index in [2.05, 4.69) is 33.9 Å². The molecule has 124 valence electrons. The SMILES string of the molecule is C[C@@H]1C[C@H](CCCCO[Si](C)(C)C(C)(C)C)CCOC1=O. The van der Waals surface area contributed by atoms with Crippen molar-refractivity contribution in [3.8, 4) is 0 Å². The molecule has 4 heteroatoms. The summed E-state index contributed by atoms with van der Waals surface area (Å²) in [6, 6.07) is 0. The Morgan fingerprint density at radius 3 is 2.57 bits per heavy atom. The molecule has 0 aromatic carbocycles. The molecule has 0 amide bonds. The second-order valence-corrected chi connectivity index (χ2v) is 12.9. The number of hydrogen-bond acceptors (Lipinski definition) is 3. The van der Waals surface area contributed by atoms with E-state index < -0.39 is 8.32 Å². The third-order valence-corrected chi connectivity index (χ3v) is 9.67. The van der Waals surface area contributed by atoms with Gasteiger partial charge in [-0.05, 0) is 43.3 Å². The van der Waals surface area contributed by atoms with Crippen molar-refractivity contribution < 1.29 is 14.0 Å². The monoisotopic (exact) mass is 314 g/mol. The van der Waals surface area contributed by atoms with Crippen LogP contribution in [-0.2, 0) is 14.0 Å². The maximum absolute atomic E-state index is 11.5. The van der Waals surface area contributed by atoms with Crippen LogP contribution in [-0.4, -0.2) is 27.5 Å². The number of ether oxygens (including phenoxy) is 1. The highest BCUT2D eigenvalue weighted by atomic mass is 28.4. The normalized spacial score (nSPS) is 24.6. The van der Waals surface area contributed by atoms with Gasteiger partial charge in [-0.1, -0.05) is 40.5 Å². The topological polar surface area (TPSA) is 35.5 Å². The Kier molecular flexibility index (Phi) is 6.92. The van der Waals surface area contributed by atoms with Crippen LogP contribution in [0.15, 0.2) is 0 Å². The fourth-order valence-electron chi connectivity index (χ4n) is 2.52. The van der Waals surface area contributed by atoms with E-state index in [1.165, 1.54) is 12.8 Å². The molecular formula is C17H34O3Si. The average molecular weight is 315 g/mol. The van der Waals surface area contributed by atoms with E-state index in [4.69, 9.17) is 9.16 Å². The van der Waals surface area contributed by atoms with E-state index in [0.29, 0.717) is 17.6 Å². The zero-order valence-electron chi connectivity index (χ0n) is 14.8. The van der Waals surface area contributed by atoms with E-state index in [1.54, 1.807) is 0 Å². The van der Waals surface area contributed by atoms with Crippen molar-refractivity contribution in [1.82, 2.24) is 0 Å². The number of cyclic esters (lactones) is 1. The number of rotatable bonds is 6. The molecule has 1 fully saturated rings. The van der Waals surface area contributed by atoms with Crippen LogP contribution in [0.25, 0.3) is 0 Å². The van der Waals surface area contributed by atoms with Crippen LogP contribution in [0, 0.1) is 11.8 Å². The molecular weight excluding hydrogens is 280 g/mol. The molecule has 0 radical (unpaired) electrons. The summed E-state index contributed by atoms with van der Waals surface area (Å²) in [4.78, 5) is 11.5. The summed E-state index contributed by atoms with van der Waals surface area (Å²) in [6.45, 7) is 14.9. The minimum atomic E-state index is -1.59. The Morgan fingerprint density at radius 2 is 1.95 bits per heavy atom. The summed E-state index contributed by atoms with van der Waals surface area (Å²) in [5.41, 5.74) is 0. The highest BCUT2D eigenvalue weighted by molar-refractivity contribution is 6.74. The summed E-state index contributed by atoms with van der Waals surface area (Å²) in [5, 5.41) is 0.293. The molecule has 1 aliphatic heterocycles. The standard InChI is InChI=1S/C17H34O3Si/c1-14-13-15(10-12-19-16(14)18)9-7-8-11-20-21(5,6)17(2,3)4/h14-15H,7-13H2,1-6H3/t14-,15-/m1/s1. The summed E-state index contributed by atoms with van der Waals surface area (Å²) in [5.74, 6) is 0.694. The molecule has 1 heterocycles. The predicted octanol–water partition coefficient (Wildman–Crippen LogP) is 4.77. The van der Waals surface area contributed by atoms with Crippen molar-refractivity contribution in [3.05, 3.63) is 0 Å². The summed E-state index contributed by atoms with van der Waals surface area (Å²) < 4.78 is 11.4. The second kappa shape index (κ2) is 7.77. The highest BCUT2D eigenvalue weighted by Gasteiger charge is 2.36. The molecule has 1 saturated heterocycles. The molecule has 0 bridgehead atoms. The van der Waals surface area contributed by atoms with Crippen LogP contribution in [0.5, 0.6) is 0 Å². The minimum Gasteiger partial charge on any atom is -0.465 e. The van der Waals surface area contributed by atoms with E-state index in [9.17, 15) is 4.79 Å². The van der Waals surface area contributed by atoms with Gasteiger partial charge in [-0.15, -0.1) is 0 Å². The van der Waals surface area contributed by atoms with Crippen LogP contribution in [0.2, 0.25) is 18.1 Å². The lowest BCUT2D eigenvalue weighted by atomic mass is 9.90. The first kappa shape index (κ1) is 18.7. The van der Waals surface area contributed by atoms with Crippen molar-refractivity contribution in [2.75, 3.05) is 13.2 Å². The quantitative estimate of drug-likeness (QED) is 0.402. The van der Waals surface area contributed by atoms with Gasteiger partial charge >= 0.3 is 5.97 Å². The van der Waals surface area contributed by atoms with Gasteiger partial charge < -0.3 is 9.16 Å². The van der Waals surface area contributed by atoms with Crippen molar-refractivity contribution in [2.24, 2.45) is 11.8 Å². The second-order valence-electron chi connectivity index (χ2n) is 8.06. The Balaban J connectivity index is 2.21. The first-order chi connectivity index (χ1) is 9.63. The van der Waals surface area contributed by atoms with Crippen LogP contribution in [0.4, 0.5) is 0 Å². The van der Waals surface area contributed by atoms with Crippen LogP contribution in [0.3, 0.4) is 0 Å². The fourth-order valence-corrected chi connectivity index (χ4v) is 3.61. The first-order valence-corrected chi connectivity index (χ1v) is 11.3. The molecule has 0 N–H and O–H groups in total. The van der Waals surface area contributed by atoms with Gasteiger partial charge in [0, 0.05) is 6.61 Å². The van der Waals surface area contributed by atoms with Gasteiger partial charge in [0.25, 0.3) is 0 Å². The molecule has 1 rings (SSSR count). The zero-order valence-corrected chi connectivity index (χ0v) is 15.8. The number of unbranched alkanes of at least 4 members (excludes halogenated alkanes) is 1. The molecule has 0 aromatic heterocycles. The maximum Gasteiger partial charge on any atom is 0.308 e. The van der Waals surface area contributed by atoms with E-state index >= 15 is 0 Å². The number of hydrogen-bond donors (Lipinski definition) is 0. The molecule has 0 saturated carbocycles. The van der Waals surface area contributed by atoms with Gasteiger partial charge in [0.2, 0.25) is 0 Å². The lowest BCUT2D eigenvalue weighted by molar-refractivity contribution is -0.146. The third-order valence-electron chi connectivity index (χ3n) is 5.14. The zero-order chi connectivity index (χ0) is 16.1.